The van der Waals surface area contributed by atoms with Gasteiger partial charge in [0.15, 0.2) is 0 Å². The zero-order valence-corrected chi connectivity index (χ0v) is 11.5. The van der Waals surface area contributed by atoms with Crippen molar-refractivity contribution in [1.29, 1.82) is 0 Å². The van der Waals surface area contributed by atoms with Crippen molar-refractivity contribution in [3.63, 3.8) is 0 Å². The van der Waals surface area contributed by atoms with Crippen molar-refractivity contribution < 1.29 is 18.3 Å². The lowest BCUT2D eigenvalue weighted by molar-refractivity contribution is -0.129. The van der Waals surface area contributed by atoms with Gasteiger partial charge in [0.2, 0.25) is 5.91 Å². The largest absolute Gasteiger partial charge is 0.435 e. The van der Waals surface area contributed by atoms with E-state index in [1.54, 1.807) is 17.0 Å². The van der Waals surface area contributed by atoms with Gasteiger partial charge < -0.3 is 9.64 Å². The average molecular weight is 284 g/mol. The molecule has 2 unspecified atom stereocenters. The minimum absolute atomic E-state index is 0.0600. The molecule has 1 saturated heterocycles. The highest BCUT2D eigenvalue weighted by atomic mass is 19.3. The van der Waals surface area contributed by atoms with Crippen molar-refractivity contribution in [3.8, 4) is 5.75 Å². The summed E-state index contributed by atoms with van der Waals surface area (Å²) in [6, 6.07) is 6.14. The van der Waals surface area contributed by atoms with E-state index < -0.39 is 6.61 Å². The van der Waals surface area contributed by atoms with E-state index in [4.69, 9.17) is 0 Å². The molecule has 110 valence electrons. The molecule has 1 aliphatic heterocycles. The van der Waals surface area contributed by atoms with Crippen LogP contribution in [0.5, 0.6) is 5.75 Å². The minimum atomic E-state index is -2.83. The summed E-state index contributed by atoms with van der Waals surface area (Å²) in [5, 5.41) is 3.20. The predicted octanol–water partition coefficient (Wildman–Crippen LogP) is 2.52. The summed E-state index contributed by atoms with van der Waals surface area (Å²) in [7, 11) is 0. The van der Waals surface area contributed by atoms with E-state index >= 15 is 0 Å². The maximum absolute atomic E-state index is 12.1. The molecule has 0 radical (unpaired) electrons. The molecule has 2 rings (SSSR count). The first-order valence-corrected chi connectivity index (χ1v) is 6.64. The zero-order chi connectivity index (χ0) is 14.7. The Hall–Kier alpha value is -1.69. The highest BCUT2D eigenvalue weighted by molar-refractivity contribution is 5.84. The summed E-state index contributed by atoms with van der Waals surface area (Å²) in [5.41, 5.74) is 0.859. The Morgan fingerprint density at radius 2 is 2.00 bits per heavy atom. The van der Waals surface area contributed by atoms with Crippen molar-refractivity contribution >= 4 is 5.91 Å². The molecule has 1 N–H and O–H groups in total. The van der Waals surface area contributed by atoms with Gasteiger partial charge in [-0.25, -0.2) is 0 Å². The van der Waals surface area contributed by atoms with Crippen LogP contribution in [0.25, 0.3) is 0 Å². The number of ether oxygens (including phenoxy) is 1. The molecule has 1 heterocycles. The molecule has 2 atom stereocenters. The number of benzene rings is 1. The Morgan fingerprint density at radius 1 is 1.35 bits per heavy atom. The Balaban J connectivity index is 2.15. The van der Waals surface area contributed by atoms with E-state index in [-0.39, 0.29) is 23.9 Å². The first-order valence-electron chi connectivity index (χ1n) is 6.64. The van der Waals surface area contributed by atoms with Crippen LogP contribution in [-0.4, -0.2) is 30.0 Å². The van der Waals surface area contributed by atoms with Crippen molar-refractivity contribution in [2.45, 2.75) is 39.1 Å². The van der Waals surface area contributed by atoms with Crippen molar-refractivity contribution in [2.75, 3.05) is 6.54 Å². The molecule has 0 aliphatic carbocycles. The lowest BCUT2D eigenvalue weighted by atomic mass is 10.1. The number of carbonyl (C=O) groups excluding carboxylic acids is 1. The van der Waals surface area contributed by atoms with E-state index in [1.807, 2.05) is 13.8 Å². The number of rotatable bonds is 5. The van der Waals surface area contributed by atoms with Gasteiger partial charge in [0.1, 0.15) is 11.9 Å². The molecule has 1 aromatic rings. The summed E-state index contributed by atoms with van der Waals surface area (Å²) in [4.78, 5) is 13.8. The van der Waals surface area contributed by atoms with Crippen LogP contribution in [0.4, 0.5) is 8.78 Å². The second-order valence-corrected chi connectivity index (χ2v) is 4.77. The fourth-order valence-electron chi connectivity index (χ4n) is 2.36. The third-order valence-electron chi connectivity index (χ3n) is 3.26. The number of carbonyl (C=O) groups is 1. The summed E-state index contributed by atoms with van der Waals surface area (Å²) < 4.78 is 28.5. The molecular weight excluding hydrogens is 266 g/mol. The van der Waals surface area contributed by atoms with Crippen molar-refractivity contribution in [1.82, 2.24) is 10.2 Å². The standard InChI is InChI=1S/C14H18F2N2O2/c1-3-8-18-12(17-9(2)13(18)19)10-4-6-11(7-5-10)20-14(15)16/h4-7,9,12,14,17H,3,8H2,1-2H3. The van der Waals surface area contributed by atoms with Gasteiger partial charge in [0, 0.05) is 6.54 Å². The number of nitrogens with zero attached hydrogens (tertiary/aromatic N) is 1. The topological polar surface area (TPSA) is 41.6 Å². The summed E-state index contributed by atoms with van der Waals surface area (Å²) >= 11 is 0. The second-order valence-electron chi connectivity index (χ2n) is 4.77. The molecule has 0 bridgehead atoms. The van der Waals surface area contributed by atoms with Crippen LogP contribution in [0.15, 0.2) is 24.3 Å². The van der Waals surface area contributed by atoms with E-state index in [0.717, 1.165) is 12.0 Å². The fourth-order valence-corrected chi connectivity index (χ4v) is 2.36. The third-order valence-corrected chi connectivity index (χ3v) is 3.26. The SMILES string of the molecule is CCCN1C(=O)C(C)NC1c1ccc(OC(F)F)cc1. The number of hydrogen-bond donors (Lipinski definition) is 1. The lowest BCUT2D eigenvalue weighted by Gasteiger charge is -2.24. The zero-order valence-electron chi connectivity index (χ0n) is 11.5. The smallest absolute Gasteiger partial charge is 0.387 e. The van der Waals surface area contributed by atoms with Gasteiger partial charge in [-0.1, -0.05) is 19.1 Å². The maximum atomic E-state index is 12.1. The monoisotopic (exact) mass is 284 g/mol. The first kappa shape index (κ1) is 14.7. The Morgan fingerprint density at radius 3 is 2.55 bits per heavy atom. The van der Waals surface area contributed by atoms with Gasteiger partial charge in [0.25, 0.3) is 0 Å². The predicted molar refractivity (Wildman–Crippen MR) is 70.4 cm³/mol. The number of nitrogens with one attached hydrogen (secondary N) is 1. The average Bonchev–Trinajstić information content (AvgIpc) is 2.68. The van der Waals surface area contributed by atoms with Crippen LogP contribution in [0, 0.1) is 0 Å². The van der Waals surface area contributed by atoms with Crippen molar-refractivity contribution in [2.24, 2.45) is 0 Å². The minimum Gasteiger partial charge on any atom is -0.435 e. The van der Waals surface area contributed by atoms with Gasteiger partial charge in [-0.3, -0.25) is 10.1 Å². The van der Waals surface area contributed by atoms with Crippen LogP contribution < -0.4 is 10.1 Å². The molecule has 20 heavy (non-hydrogen) atoms. The molecule has 1 aromatic carbocycles. The molecule has 0 saturated carbocycles. The van der Waals surface area contributed by atoms with Crippen LogP contribution >= 0.6 is 0 Å². The van der Waals surface area contributed by atoms with Gasteiger partial charge >= 0.3 is 6.61 Å². The molecule has 6 heteroatoms. The number of amides is 1. The molecule has 0 aromatic heterocycles. The maximum Gasteiger partial charge on any atom is 0.387 e. The quantitative estimate of drug-likeness (QED) is 0.903. The van der Waals surface area contributed by atoms with Crippen LogP contribution in [0.3, 0.4) is 0 Å². The molecule has 4 nitrogen and oxygen atoms in total. The van der Waals surface area contributed by atoms with E-state index in [1.165, 1.54) is 12.1 Å². The van der Waals surface area contributed by atoms with Crippen LogP contribution in [-0.2, 0) is 4.79 Å². The first-order chi connectivity index (χ1) is 9.52. The molecular formula is C14H18F2N2O2. The Bertz CT molecular complexity index is 465. The molecule has 1 aliphatic rings. The summed E-state index contributed by atoms with van der Waals surface area (Å²) in [6.45, 7) is 1.66. The molecule has 1 amide bonds. The van der Waals surface area contributed by atoms with Gasteiger partial charge in [-0.15, -0.1) is 0 Å². The number of alkyl halides is 2. The number of hydrogen-bond acceptors (Lipinski definition) is 3. The Labute approximate surface area is 116 Å². The highest BCUT2D eigenvalue weighted by Gasteiger charge is 2.36. The van der Waals surface area contributed by atoms with Gasteiger partial charge in [-0.2, -0.15) is 8.78 Å². The van der Waals surface area contributed by atoms with Gasteiger partial charge in [0.05, 0.1) is 6.04 Å². The van der Waals surface area contributed by atoms with Crippen molar-refractivity contribution in [3.05, 3.63) is 29.8 Å². The molecule has 1 fully saturated rings. The highest BCUT2D eigenvalue weighted by Crippen LogP contribution is 2.27. The second kappa shape index (κ2) is 6.17. The fraction of sp³-hybridized carbons (Fsp3) is 0.500. The third kappa shape index (κ3) is 3.07. The van der Waals surface area contributed by atoms with Crippen LogP contribution in [0.2, 0.25) is 0 Å². The summed E-state index contributed by atoms with van der Waals surface area (Å²) in [6.07, 6.45) is 0.654. The van der Waals surface area contributed by atoms with Crippen LogP contribution in [0.1, 0.15) is 32.0 Å². The summed E-state index contributed by atoms with van der Waals surface area (Å²) in [5.74, 6) is 0.174. The Kier molecular flexibility index (Phi) is 4.54. The lowest BCUT2D eigenvalue weighted by Crippen LogP contribution is -2.31. The normalized spacial score (nSPS) is 22.6. The van der Waals surface area contributed by atoms with E-state index in [0.29, 0.717) is 6.54 Å². The molecule has 0 spiro atoms. The van der Waals surface area contributed by atoms with E-state index in [9.17, 15) is 13.6 Å². The number of halogens is 2. The van der Waals surface area contributed by atoms with Gasteiger partial charge in [-0.05, 0) is 31.0 Å². The van der Waals surface area contributed by atoms with E-state index in [2.05, 4.69) is 10.1 Å².